The molecule has 0 atom stereocenters. The van der Waals surface area contributed by atoms with Crippen LogP contribution in [0, 0.1) is 5.92 Å². The smallest absolute Gasteiger partial charge is 0.0468 e. The van der Waals surface area contributed by atoms with Crippen LogP contribution in [0.3, 0.4) is 0 Å². The maximum atomic E-state index is 5.59. The van der Waals surface area contributed by atoms with E-state index in [1.165, 1.54) is 32.1 Å². The molecule has 0 unspecified atom stereocenters. The SMILES string of the molecule is CC(C)CCOCCCCCCNC(C)(C)C. The summed E-state index contributed by atoms with van der Waals surface area (Å²) in [6.45, 7) is 14.2. The average Bonchev–Trinajstić information content (AvgIpc) is 2.18. The summed E-state index contributed by atoms with van der Waals surface area (Å²) in [6, 6.07) is 0. The van der Waals surface area contributed by atoms with E-state index in [-0.39, 0.29) is 5.54 Å². The molecule has 0 rings (SSSR count). The van der Waals surface area contributed by atoms with E-state index in [0.717, 1.165) is 25.7 Å². The van der Waals surface area contributed by atoms with E-state index in [1.807, 2.05) is 0 Å². The lowest BCUT2D eigenvalue weighted by Gasteiger charge is -2.20. The summed E-state index contributed by atoms with van der Waals surface area (Å²) in [4.78, 5) is 0. The Kier molecular flexibility index (Phi) is 9.85. The second-order valence-electron chi connectivity index (χ2n) is 6.39. The van der Waals surface area contributed by atoms with Crippen molar-refractivity contribution in [2.75, 3.05) is 19.8 Å². The highest BCUT2D eigenvalue weighted by Gasteiger charge is 2.06. The van der Waals surface area contributed by atoms with Crippen molar-refractivity contribution in [3.05, 3.63) is 0 Å². The van der Waals surface area contributed by atoms with Crippen LogP contribution in [0.1, 0.15) is 66.7 Å². The second-order valence-corrected chi connectivity index (χ2v) is 6.39. The lowest BCUT2D eigenvalue weighted by molar-refractivity contribution is 0.119. The summed E-state index contributed by atoms with van der Waals surface area (Å²) in [5.41, 5.74) is 0.264. The van der Waals surface area contributed by atoms with Crippen LogP contribution in [-0.4, -0.2) is 25.3 Å². The molecule has 0 aliphatic carbocycles. The molecule has 2 nitrogen and oxygen atoms in total. The first kappa shape index (κ1) is 16.9. The predicted molar refractivity (Wildman–Crippen MR) is 76.5 cm³/mol. The van der Waals surface area contributed by atoms with E-state index in [2.05, 4.69) is 39.9 Å². The van der Waals surface area contributed by atoms with Crippen molar-refractivity contribution in [3.63, 3.8) is 0 Å². The van der Waals surface area contributed by atoms with E-state index < -0.39 is 0 Å². The van der Waals surface area contributed by atoms with E-state index >= 15 is 0 Å². The fraction of sp³-hybridized carbons (Fsp3) is 1.00. The maximum absolute atomic E-state index is 5.59. The highest BCUT2D eigenvalue weighted by molar-refractivity contribution is 4.69. The van der Waals surface area contributed by atoms with Crippen molar-refractivity contribution in [3.8, 4) is 0 Å². The minimum Gasteiger partial charge on any atom is -0.381 e. The molecule has 0 heterocycles. The number of unbranched alkanes of at least 4 members (excludes halogenated alkanes) is 3. The van der Waals surface area contributed by atoms with Crippen LogP contribution < -0.4 is 5.32 Å². The number of ether oxygens (including phenoxy) is 1. The zero-order chi connectivity index (χ0) is 13.1. The van der Waals surface area contributed by atoms with Crippen LogP contribution in [0.4, 0.5) is 0 Å². The highest BCUT2D eigenvalue weighted by atomic mass is 16.5. The molecule has 0 amide bonds. The van der Waals surface area contributed by atoms with Crippen LogP contribution in [-0.2, 0) is 4.74 Å². The van der Waals surface area contributed by atoms with Crippen LogP contribution in [0.15, 0.2) is 0 Å². The van der Waals surface area contributed by atoms with Crippen molar-refractivity contribution in [1.29, 1.82) is 0 Å². The van der Waals surface area contributed by atoms with Gasteiger partial charge in [-0.2, -0.15) is 0 Å². The number of hydrogen-bond donors (Lipinski definition) is 1. The van der Waals surface area contributed by atoms with Crippen LogP contribution in [0.2, 0.25) is 0 Å². The lowest BCUT2D eigenvalue weighted by Crippen LogP contribution is -2.36. The zero-order valence-electron chi connectivity index (χ0n) is 12.6. The van der Waals surface area contributed by atoms with Crippen molar-refractivity contribution >= 4 is 0 Å². The van der Waals surface area contributed by atoms with Gasteiger partial charge >= 0.3 is 0 Å². The molecule has 0 saturated heterocycles. The van der Waals surface area contributed by atoms with Crippen molar-refractivity contribution in [2.45, 2.75) is 72.3 Å². The van der Waals surface area contributed by atoms with Gasteiger partial charge < -0.3 is 10.1 Å². The number of nitrogens with one attached hydrogen (secondary N) is 1. The van der Waals surface area contributed by atoms with E-state index in [0.29, 0.717) is 0 Å². The molecular weight excluding hydrogens is 210 g/mol. The van der Waals surface area contributed by atoms with Crippen molar-refractivity contribution in [2.24, 2.45) is 5.92 Å². The zero-order valence-corrected chi connectivity index (χ0v) is 12.6. The van der Waals surface area contributed by atoms with Crippen LogP contribution in [0.5, 0.6) is 0 Å². The second kappa shape index (κ2) is 9.90. The standard InChI is InChI=1S/C15H33NO/c1-14(2)10-13-17-12-9-7-6-8-11-16-15(3,4)5/h14,16H,6-13H2,1-5H3. The van der Waals surface area contributed by atoms with Crippen molar-refractivity contribution in [1.82, 2.24) is 5.32 Å². The Bertz CT molecular complexity index is 161. The molecule has 0 radical (unpaired) electrons. The Morgan fingerprint density at radius 3 is 2.18 bits per heavy atom. The molecule has 0 aromatic heterocycles. The first-order valence-electron chi connectivity index (χ1n) is 7.24. The van der Waals surface area contributed by atoms with Gasteiger partial charge in [0.1, 0.15) is 0 Å². The van der Waals surface area contributed by atoms with Gasteiger partial charge in [-0.1, -0.05) is 26.7 Å². The molecule has 0 aromatic carbocycles. The molecule has 0 saturated carbocycles. The predicted octanol–water partition coefficient (Wildman–Crippen LogP) is 4.00. The molecule has 0 bridgehead atoms. The molecule has 0 aromatic rings. The minimum absolute atomic E-state index is 0.264. The third-order valence-electron chi connectivity index (χ3n) is 2.71. The molecule has 0 aliphatic rings. The van der Waals surface area contributed by atoms with Gasteiger partial charge in [0, 0.05) is 18.8 Å². The molecule has 0 aliphatic heterocycles. The molecule has 104 valence electrons. The summed E-state index contributed by atoms with van der Waals surface area (Å²) >= 11 is 0. The summed E-state index contributed by atoms with van der Waals surface area (Å²) in [5, 5.41) is 3.51. The molecule has 0 spiro atoms. The molecule has 17 heavy (non-hydrogen) atoms. The van der Waals surface area contributed by atoms with Gasteiger partial charge in [0.25, 0.3) is 0 Å². The van der Waals surface area contributed by atoms with Gasteiger partial charge in [0.15, 0.2) is 0 Å². The monoisotopic (exact) mass is 243 g/mol. The van der Waals surface area contributed by atoms with Gasteiger partial charge in [-0.3, -0.25) is 0 Å². The fourth-order valence-corrected chi connectivity index (χ4v) is 1.57. The van der Waals surface area contributed by atoms with Gasteiger partial charge in [-0.05, 0) is 52.5 Å². The van der Waals surface area contributed by atoms with E-state index in [4.69, 9.17) is 4.74 Å². The van der Waals surface area contributed by atoms with Crippen LogP contribution in [0.25, 0.3) is 0 Å². The summed E-state index contributed by atoms with van der Waals surface area (Å²) < 4.78 is 5.59. The normalized spacial score (nSPS) is 12.4. The molecule has 2 heteroatoms. The average molecular weight is 243 g/mol. The Morgan fingerprint density at radius 1 is 0.941 bits per heavy atom. The molecule has 0 fully saturated rings. The Morgan fingerprint density at radius 2 is 1.59 bits per heavy atom. The topological polar surface area (TPSA) is 21.3 Å². The van der Waals surface area contributed by atoms with E-state index in [1.54, 1.807) is 0 Å². The molecule has 1 N–H and O–H groups in total. The van der Waals surface area contributed by atoms with Gasteiger partial charge in [-0.25, -0.2) is 0 Å². The molecular formula is C15H33NO. The highest BCUT2D eigenvalue weighted by Crippen LogP contribution is 2.04. The lowest BCUT2D eigenvalue weighted by atomic mass is 10.1. The van der Waals surface area contributed by atoms with E-state index in [9.17, 15) is 0 Å². The summed E-state index contributed by atoms with van der Waals surface area (Å²) in [7, 11) is 0. The Hall–Kier alpha value is -0.0800. The van der Waals surface area contributed by atoms with Crippen molar-refractivity contribution < 1.29 is 4.74 Å². The first-order valence-corrected chi connectivity index (χ1v) is 7.24. The number of rotatable bonds is 10. The third kappa shape index (κ3) is 15.9. The summed E-state index contributed by atoms with van der Waals surface area (Å²) in [5.74, 6) is 0.762. The quantitative estimate of drug-likeness (QED) is 0.586. The largest absolute Gasteiger partial charge is 0.381 e. The van der Waals surface area contributed by atoms with Crippen LogP contribution >= 0.6 is 0 Å². The summed E-state index contributed by atoms with van der Waals surface area (Å²) in [6.07, 6.45) is 6.30. The Labute approximate surface area is 109 Å². The number of hydrogen-bond acceptors (Lipinski definition) is 2. The van der Waals surface area contributed by atoms with Gasteiger partial charge in [0.05, 0.1) is 0 Å². The van der Waals surface area contributed by atoms with Gasteiger partial charge in [0.2, 0.25) is 0 Å². The minimum atomic E-state index is 0.264. The fourth-order valence-electron chi connectivity index (χ4n) is 1.57. The third-order valence-corrected chi connectivity index (χ3v) is 2.71. The van der Waals surface area contributed by atoms with Gasteiger partial charge in [-0.15, -0.1) is 0 Å². The first-order chi connectivity index (χ1) is 7.92. The maximum Gasteiger partial charge on any atom is 0.0468 e. The Balaban J connectivity index is 3.04.